The molecule has 2 heterocycles. The fourth-order valence-corrected chi connectivity index (χ4v) is 4.75. The Morgan fingerprint density at radius 3 is 2.29 bits per heavy atom. The van der Waals surface area contributed by atoms with Crippen LogP contribution in [0, 0.1) is 0 Å². The number of hydrogen-bond acceptors (Lipinski definition) is 3. The first-order valence-corrected chi connectivity index (χ1v) is 9.89. The van der Waals surface area contributed by atoms with Crippen LogP contribution in [0.15, 0.2) is 54.6 Å². The fraction of sp³-hybridized carbons (Fsp3) is 0.391. The van der Waals surface area contributed by atoms with E-state index in [0.29, 0.717) is 19.5 Å². The topological polar surface area (TPSA) is 60.9 Å². The first kappa shape index (κ1) is 18.7. The minimum absolute atomic E-state index is 0.0808. The van der Waals surface area contributed by atoms with Gasteiger partial charge in [-0.2, -0.15) is 0 Å². The molecule has 1 amide bonds. The number of benzene rings is 2. The second-order valence-corrected chi connectivity index (χ2v) is 7.95. The summed E-state index contributed by atoms with van der Waals surface area (Å²) in [4.78, 5) is 28.1. The number of rotatable bonds is 4. The van der Waals surface area contributed by atoms with Crippen LogP contribution in [0.5, 0.6) is 0 Å². The van der Waals surface area contributed by atoms with Gasteiger partial charge in [-0.3, -0.25) is 14.5 Å². The van der Waals surface area contributed by atoms with Gasteiger partial charge in [0.2, 0.25) is 5.91 Å². The molecule has 1 unspecified atom stereocenters. The summed E-state index contributed by atoms with van der Waals surface area (Å²) in [5.41, 5.74) is 2.83. The number of likely N-dealkylation sites (tertiary alicyclic amines) is 2. The molecule has 0 aromatic heterocycles. The molecule has 146 valence electrons. The van der Waals surface area contributed by atoms with Crippen LogP contribution < -0.4 is 0 Å². The van der Waals surface area contributed by atoms with Gasteiger partial charge in [0.25, 0.3) is 0 Å². The quantitative estimate of drug-likeness (QED) is 0.884. The molecule has 4 rings (SSSR count). The van der Waals surface area contributed by atoms with Crippen LogP contribution >= 0.6 is 0 Å². The highest BCUT2D eigenvalue weighted by Crippen LogP contribution is 2.40. The fourth-order valence-electron chi connectivity index (χ4n) is 4.75. The van der Waals surface area contributed by atoms with Crippen LogP contribution in [-0.2, 0) is 9.59 Å². The van der Waals surface area contributed by atoms with Crippen LogP contribution in [0.25, 0.3) is 11.1 Å². The summed E-state index contributed by atoms with van der Waals surface area (Å²) in [7, 11) is 1.89. The zero-order chi connectivity index (χ0) is 19.7. The Labute approximate surface area is 165 Å². The molecule has 2 aliphatic heterocycles. The van der Waals surface area contributed by atoms with Crippen LogP contribution in [-0.4, -0.2) is 52.5 Å². The zero-order valence-corrected chi connectivity index (χ0v) is 16.2. The molecule has 28 heavy (non-hydrogen) atoms. The Bertz CT molecular complexity index is 872. The van der Waals surface area contributed by atoms with Crippen molar-refractivity contribution in [3.63, 3.8) is 0 Å². The lowest BCUT2D eigenvalue weighted by atomic mass is 9.84. The molecule has 5 heteroatoms. The number of carboxylic acid groups (broad SMARTS) is 1. The third kappa shape index (κ3) is 3.31. The minimum atomic E-state index is -0.822. The number of aliphatic carboxylic acids is 1. The first-order chi connectivity index (χ1) is 13.5. The number of carbonyl (C=O) groups excluding carboxylic acids is 1. The van der Waals surface area contributed by atoms with Crippen molar-refractivity contribution in [1.29, 1.82) is 0 Å². The van der Waals surface area contributed by atoms with E-state index >= 15 is 0 Å². The van der Waals surface area contributed by atoms with Crippen molar-refractivity contribution in [2.75, 3.05) is 20.1 Å². The van der Waals surface area contributed by atoms with E-state index in [0.717, 1.165) is 36.0 Å². The van der Waals surface area contributed by atoms with Gasteiger partial charge in [-0.05, 0) is 42.0 Å². The Hall–Kier alpha value is -2.66. The van der Waals surface area contributed by atoms with Crippen LogP contribution in [0.2, 0.25) is 0 Å². The average Bonchev–Trinajstić information content (AvgIpc) is 2.99. The van der Waals surface area contributed by atoms with E-state index < -0.39 is 12.0 Å². The van der Waals surface area contributed by atoms with E-state index in [9.17, 15) is 14.7 Å². The number of piperidine rings is 1. The van der Waals surface area contributed by atoms with E-state index in [2.05, 4.69) is 0 Å². The van der Waals surface area contributed by atoms with Gasteiger partial charge >= 0.3 is 5.97 Å². The third-order valence-corrected chi connectivity index (χ3v) is 6.53. The molecule has 0 aliphatic carbocycles. The number of carboxylic acids is 1. The molecule has 0 radical (unpaired) electrons. The number of nitrogens with zero attached hydrogens (tertiary/aromatic N) is 2. The van der Waals surface area contributed by atoms with Gasteiger partial charge in [0.05, 0.1) is 0 Å². The normalized spacial score (nSPS) is 20.5. The highest BCUT2D eigenvalue weighted by Gasteiger charge is 2.46. The molecule has 1 spiro atoms. The molecule has 1 N–H and O–H groups in total. The van der Waals surface area contributed by atoms with Crippen molar-refractivity contribution < 1.29 is 14.7 Å². The lowest BCUT2D eigenvalue weighted by molar-refractivity contribution is -0.145. The third-order valence-electron chi connectivity index (χ3n) is 6.53. The predicted molar refractivity (Wildman–Crippen MR) is 108 cm³/mol. The second-order valence-electron chi connectivity index (χ2n) is 7.95. The van der Waals surface area contributed by atoms with Crippen molar-refractivity contribution in [2.45, 2.75) is 37.3 Å². The Morgan fingerprint density at radius 2 is 1.68 bits per heavy atom. The van der Waals surface area contributed by atoms with E-state index in [1.165, 1.54) is 0 Å². The van der Waals surface area contributed by atoms with Crippen molar-refractivity contribution in [1.82, 2.24) is 9.80 Å². The van der Waals surface area contributed by atoms with Crippen molar-refractivity contribution >= 4 is 11.9 Å². The summed E-state index contributed by atoms with van der Waals surface area (Å²) in [5, 5.41) is 9.99. The highest BCUT2D eigenvalue weighted by atomic mass is 16.4. The lowest BCUT2D eigenvalue weighted by Gasteiger charge is -2.45. The van der Waals surface area contributed by atoms with Crippen molar-refractivity contribution in [2.24, 2.45) is 0 Å². The van der Waals surface area contributed by atoms with Crippen LogP contribution in [0.4, 0.5) is 0 Å². The summed E-state index contributed by atoms with van der Waals surface area (Å²) in [5.74, 6) is -0.615. The predicted octanol–water partition coefficient (Wildman–Crippen LogP) is 3.57. The smallest absolute Gasteiger partial charge is 0.325 e. The minimum Gasteiger partial charge on any atom is -0.480 e. The summed E-state index contributed by atoms with van der Waals surface area (Å²) >= 11 is 0. The Morgan fingerprint density at radius 1 is 1.00 bits per heavy atom. The molecular formula is C23H26N2O3. The largest absolute Gasteiger partial charge is 0.480 e. The monoisotopic (exact) mass is 378 g/mol. The van der Waals surface area contributed by atoms with Gasteiger partial charge < -0.3 is 10.0 Å². The molecule has 2 saturated heterocycles. The van der Waals surface area contributed by atoms with Gasteiger partial charge in [0.15, 0.2) is 0 Å². The standard InChI is InChI=1S/C23H26N2O3/c1-24-20(26)10-11-23(24)12-14-25(15-13-23)21(22(27)28)19-9-5-8-18(16-19)17-6-3-2-4-7-17/h2-9,16,21H,10-15H2,1H3,(H,27,28). The van der Waals surface area contributed by atoms with Gasteiger partial charge in [-0.15, -0.1) is 0 Å². The molecular weight excluding hydrogens is 352 g/mol. The first-order valence-electron chi connectivity index (χ1n) is 9.89. The van der Waals surface area contributed by atoms with Gasteiger partial charge in [-0.1, -0.05) is 48.5 Å². The average molecular weight is 378 g/mol. The van der Waals surface area contributed by atoms with E-state index in [-0.39, 0.29) is 11.4 Å². The van der Waals surface area contributed by atoms with Gasteiger partial charge in [-0.25, -0.2) is 0 Å². The summed E-state index contributed by atoms with van der Waals surface area (Å²) in [6, 6.07) is 17.2. The molecule has 2 aliphatic rings. The number of amides is 1. The van der Waals surface area contributed by atoms with Crippen molar-refractivity contribution in [3.8, 4) is 11.1 Å². The molecule has 1 atom stereocenters. The molecule has 2 fully saturated rings. The number of hydrogen-bond donors (Lipinski definition) is 1. The van der Waals surface area contributed by atoms with Crippen LogP contribution in [0.3, 0.4) is 0 Å². The Balaban J connectivity index is 1.56. The highest BCUT2D eigenvalue weighted by molar-refractivity contribution is 5.79. The summed E-state index contributed by atoms with van der Waals surface area (Å²) in [6.45, 7) is 1.37. The van der Waals surface area contributed by atoms with E-state index in [1.807, 2.05) is 71.4 Å². The second kappa shape index (κ2) is 7.40. The molecule has 5 nitrogen and oxygen atoms in total. The van der Waals surface area contributed by atoms with Gasteiger partial charge in [0, 0.05) is 32.1 Å². The van der Waals surface area contributed by atoms with Crippen molar-refractivity contribution in [3.05, 3.63) is 60.2 Å². The molecule has 2 aromatic rings. The SMILES string of the molecule is CN1C(=O)CCC12CCN(C(C(=O)O)c1cccc(-c3ccccc3)c1)CC2. The Kier molecular flexibility index (Phi) is 4.94. The maximum Gasteiger partial charge on any atom is 0.325 e. The van der Waals surface area contributed by atoms with Crippen LogP contribution in [0.1, 0.15) is 37.3 Å². The maximum absolute atomic E-state index is 12.2. The molecule has 2 aromatic carbocycles. The summed E-state index contributed by atoms with van der Waals surface area (Å²) < 4.78 is 0. The lowest BCUT2D eigenvalue weighted by Crippen LogP contribution is -2.53. The van der Waals surface area contributed by atoms with Gasteiger partial charge in [0.1, 0.15) is 6.04 Å². The number of carbonyl (C=O) groups is 2. The summed E-state index contributed by atoms with van der Waals surface area (Å²) in [6.07, 6.45) is 3.16. The molecule has 0 bridgehead atoms. The maximum atomic E-state index is 12.2. The molecule has 0 saturated carbocycles. The van der Waals surface area contributed by atoms with E-state index in [1.54, 1.807) is 0 Å². The van der Waals surface area contributed by atoms with E-state index in [4.69, 9.17) is 0 Å². The zero-order valence-electron chi connectivity index (χ0n) is 16.2.